The van der Waals surface area contributed by atoms with Crippen LogP contribution in [0.3, 0.4) is 0 Å². The van der Waals surface area contributed by atoms with Crippen LogP contribution in [0.1, 0.15) is 26.2 Å². The van der Waals surface area contributed by atoms with Crippen molar-refractivity contribution in [2.75, 3.05) is 25.0 Å². The summed E-state index contributed by atoms with van der Waals surface area (Å²) in [7, 11) is 0. The van der Waals surface area contributed by atoms with Crippen LogP contribution in [-0.4, -0.2) is 31.4 Å². The van der Waals surface area contributed by atoms with Crippen LogP contribution < -0.4 is 16.0 Å². The van der Waals surface area contributed by atoms with Gasteiger partial charge in [-0.05, 0) is 49.9 Å². The predicted octanol–water partition coefficient (Wildman–Crippen LogP) is 2.19. The van der Waals surface area contributed by atoms with Gasteiger partial charge in [-0.2, -0.15) is 0 Å². The lowest BCUT2D eigenvalue weighted by molar-refractivity contribution is -0.125. The van der Waals surface area contributed by atoms with Crippen molar-refractivity contribution in [1.29, 1.82) is 0 Å². The second kappa shape index (κ2) is 10.2. The van der Waals surface area contributed by atoms with Gasteiger partial charge < -0.3 is 16.0 Å². The van der Waals surface area contributed by atoms with Crippen LogP contribution in [0.15, 0.2) is 30.3 Å². The Balaban J connectivity index is 0.00000264. The van der Waals surface area contributed by atoms with Crippen molar-refractivity contribution in [1.82, 2.24) is 10.6 Å². The average molecular weight is 340 g/mol. The van der Waals surface area contributed by atoms with Crippen molar-refractivity contribution >= 4 is 29.9 Å². The molecule has 0 aliphatic carbocycles. The Bertz CT molecular complexity index is 490. The van der Waals surface area contributed by atoms with Gasteiger partial charge in [-0.25, -0.2) is 0 Å². The molecule has 3 N–H and O–H groups in total. The van der Waals surface area contributed by atoms with Crippen LogP contribution in [0.4, 0.5) is 5.69 Å². The minimum atomic E-state index is -0.200. The molecule has 5 nitrogen and oxygen atoms in total. The molecule has 2 amide bonds. The number of hydrogen-bond donors (Lipinski definition) is 3. The summed E-state index contributed by atoms with van der Waals surface area (Å²) in [5, 5.41) is 8.79. The second-order valence-electron chi connectivity index (χ2n) is 5.96. The monoisotopic (exact) mass is 339 g/mol. The van der Waals surface area contributed by atoms with E-state index in [1.54, 1.807) is 0 Å². The van der Waals surface area contributed by atoms with Crippen molar-refractivity contribution < 1.29 is 9.59 Å². The van der Waals surface area contributed by atoms with Crippen molar-refractivity contribution in [3.63, 3.8) is 0 Å². The number of nitrogens with one attached hydrogen (secondary N) is 3. The van der Waals surface area contributed by atoms with E-state index in [1.165, 1.54) is 0 Å². The standard InChI is InChI=1S/C17H25N3O2.ClH/c1-13(14-7-9-18-10-8-14)11-16(21)19-12-17(22)20-15-5-3-2-4-6-15;/h2-6,13-14,18H,7-12H2,1H3,(H,19,21)(H,20,22);1H. The quantitative estimate of drug-likeness (QED) is 0.744. The van der Waals surface area contributed by atoms with Crippen LogP contribution in [0.25, 0.3) is 0 Å². The van der Waals surface area contributed by atoms with Gasteiger partial charge in [0.2, 0.25) is 11.8 Å². The molecule has 1 unspecified atom stereocenters. The molecule has 1 saturated heterocycles. The molecule has 0 radical (unpaired) electrons. The molecular formula is C17H26ClN3O2. The molecule has 0 saturated carbocycles. The summed E-state index contributed by atoms with van der Waals surface area (Å²) in [5.41, 5.74) is 0.741. The van der Waals surface area contributed by atoms with Crippen LogP contribution in [0.5, 0.6) is 0 Å². The van der Waals surface area contributed by atoms with Crippen molar-refractivity contribution in [3.05, 3.63) is 30.3 Å². The van der Waals surface area contributed by atoms with Gasteiger partial charge in [0, 0.05) is 12.1 Å². The van der Waals surface area contributed by atoms with Crippen LogP contribution >= 0.6 is 12.4 Å². The molecule has 1 atom stereocenters. The van der Waals surface area contributed by atoms with Gasteiger partial charge in [-0.15, -0.1) is 12.4 Å². The normalized spacial score (nSPS) is 16.0. The molecule has 0 bridgehead atoms. The Labute approximate surface area is 144 Å². The highest BCUT2D eigenvalue weighted by Gasteiger charge is 2.22. The van der Waals surface area contributed by atoms with E-state index >= 15 is 0 Å². The van der Waals surface area contributed by atoms with Crippen molar-refractivity contribution in [3.8, 4) is 0 Å². The van der Waals surface area contributed by atoms with E-state index in [9.17, 15) is 9.59 Å². The van der Waals surface area contributed by atoms with Crippen LogP contribution in [0, 0.1) is 11.8 Å². The smallest absolute Gasteiger partial charge is 0.243 e. The summed E-state index contributed by atoms with van der Waals surface area (Å²) >= 11 is 0. The number of piperidine rings is 1. The number of anilines is 1. The maximum absolute atomic E-state index is 11.9. The zero-order valence-electron chi connectivity index (χ0n) is 13.5. The molecule has 1 aromatic rings. The first kappa shape index (κ1) is 19.5. The number of para-hydroxylation sites is 1. The minimum absolute atomic E-state index is 0. The van der Waals surface area contributed by atoms with Gasteiger partial charge in [0.05, 0.1) is 6.54 Å². The first-order valence-corrected chi connectivity index (χ1v) is 7.97. The van der Waals surface area contributed by atoms with E-state index in [4.69, 9.17) is 0 Å². The fourth-order valence-electron chi connectivity index (χ4n) is 2.85. The highest BCUT2D eigenvalue weighted by atomic mass is 35.5. The van der Waals surface area contributed by atoms with E-state index in [-0.39, 0.29) is 30.8 Å². The largest absolute Gasteiger partial charge is 0.347 e. The molecule has 2 rings (SSSR count). The first-order chi connectivity index (χ1) is 10.6. The van der Waals surface area contributed by atoms with E-state index < -0.39 is 0 Å². The molecular weight excluding hydrogens is 314 g/mol. The Morgan fingerprint density at radius 2 is 1.83 bits per heavy atom. The van der Waals surface area contributed by atoms with E-state index in [0.29, 0.717) is 18.3 Å². The molecule has 1 heterocycles. The van der Waals surface area contributed by atoms with Gasteiger partial charge in [-0.3, -0.25) is 9.59 Å². The molecule has 6 heteroatoms. The minimum Gasteiger partial charge on any atom is -0.347 e. The third-order valence-electron chi connectivity index (χ3n) is 4.20. The lowest BCUT2D eigenvalue weighted by atomic mass is 9.84. The van der Waals surface area contributed by atoms with E-state index in [1.807, 2.05) is 30.3 Å². The molecule has 1 aromatic carbocycles. The van der Waals surface area contributed by atoms with Crippen molar-refractivity contribution in [2.45, 2.75) is 26.2 Å². The third-order valence-corrected chi connectivity index (χ3v) is 4.20. The zero-order chi connectivity index (χ0) is 15.8. The number of halogens is 1. The van der Waals surface area contributed by atoms with E-state index in [2.05, 4.69) is 22.9 Å². The summed E-state index contributed by atoms with van der Waals surface area (Å²) in [4.78, 5) is 23.7. The SMILES string of the molecule is CC(CC(=O)NCC(=O)Nc1ccccc1)C1CCNCC1.Cl. The second-order valence-corrected chi connectivity index (χ2v) is 5.96. The topological polar surface area (TPSA) is 70.2 Å². The Morgan fingerprint density at radius 3 is 2.48 bits per heavy atom. The number of carbonyl (C=O) groups excluding carboxylic acids is 2. The van der Waals surface area contributed by atoms with Gasteiger partial charge in [-0.1, -0.05) is 25.1 Å². The number of rotatable bonds is 6. The number of hydrogen-bond acceptors (Lipinski definition) is 3. The summed E-state index contributed by atoms with van der Waals surface area (Å²) in [6, 6.07) is 9.24. The maximum Gasteiger partial charge on any atom is 0.243 e. The summed E-state index contributed by atoms with van der Waals surface area (Å²) < 4.78 is 0. The van der Waals surface area contributed by atoms with Crippen molar-refractivity contribution in [2.24, 2.45) is 11.8 Å². The summed E-state index contributed by atoms with van der Waals surface area (Å²) in [5.74, 6) is 0.716. The first-order valence-electron chi connectivity index (χ1n) is 7.97. The molecule has 1 aliphatic heterocycles. The highest BCUT2D eigenvalue weighted by Crippen LogP contribution is 2.24. The lowest BCUT2D eigenvalue weighted by Gasteiger charge is -2.27. The maximum atomic E-state index is 11.9. The van der Waals surface area contributed by atoms with Gasteiger partial charge in [0.1, 0.15) is 0 Å². The van der Waals surface area contributed by atoms with Gasteiger partial charge in [0.25, 0.3) is 0 Å². The third kappa shape index (κ3) is 7.01. The number of carbonyl (C=O) groups is 2. The summed E-state index contributed by atoms with van der Waals surface area (Å²) in [6.07, 6.45) is 2.75. The Kier molecular flexibility index (Phi) is 8.66. The fourth-order valence-corrected chi connectivity index (χ4v) is 2.85. The van der Waals surface area contributed by atoms with Gasteiger partial charge >= 0.3 is 0 Å². The van der Waals surface area contributed by atoms with Crippen LogP contribution in [0.2, 0.25) is 0 Å². The summed E-state index contributed by atoms with van der Waals surface area (Å²) in [6.45, 7) is 4.22. The predicted molar refractivity (Wildman–Crippen MR) is 94.7 cm³/mol. The zero-order valence-corrected chi connectivity index (χ0v) is 14.3. The highest BCUT2D eigenvalue weighted by molar-refractivity contribution is 5.94. The lowest BCUT2D eigenvalue weighted by Crippen LogP contribution is -2.36. The molecule has 128 valence electrons. The molecule has 1 fully saturated rings. The fraction of sp³-hybridized carbons (Fsp3) is 0.529. The average Bonchev–Trinajstić information content (AvgIpc) is 2.55. The number of benzene rings is 1. The Morgan fingerprint density at radius 1 is 1.17 bits per heavy atom. The van der Waals surface area contributed by atoms with Gasteiger partial charge in [0.15, 0.2) is 0 Å². The number of amides is 2. The van der Waals surface area contributed by atoms with Crippen LogP contribution in [-0.2, 0) is 9.59 Å². The Hall–Kier alpha value is -1.59. The molecule has 1 aliphatic rings. The molecule has 0 spiro atoms. The van der Waals surface area contributed by atoms with E-state index in [0.717, 1.165) is 31.6 Å². The molecule has 0 aromatic heterocycles. The molecule has 23 heavy (non-hydrogen) atoms.